The third kappa shape index (κ3) is 3.09. The molecule has 1 atom stereocenters. The molecule has 1 fully saturated rings. The Bertz CT molecular complexity index is 573. The Morgan fingerprint density at radius 2 is 2.14 bits per heavy atom. The third-order valence-electron chi connectivity index (χ3n) is 3.92. The average molecular weight is 292 g/mol. The van der Waals surface area contributed by atoms with E-state index in [9.17, 15) is 14.7 Å². The molecule has 0 radical (unpaired) electrons. The largest absolute Gasteiger partial charge is 0.496 e. The number of carbonyl (C=O) groups excluding carboxylic acids is 1. The Balaban J connectivity index is 2.03. The molecule has 0 aliphatic carbocycles. The summed E-state index contributed by atoms with van der Waals surface area (Å²) in [5.74, 6) is -0.106. The van der Waals surface area contributed by atoms with E-state index in [4.69, 9.17) is 4.74 Å². The van der Waals surface area contributed by atoms with Gasteiger partial charge in [-0.1, -0.05) is 0 Å². The first-order valence-electron chi connectivity index (χ1n) is 6.80. The standard InChI is InChI=1S/C15H20N2O4/c1-10-8-11(4-5-12(10)21-3)16-14(20)17-7-6-15(2,9-17)13(18)19/h4-5,8H,6-7,9H2,1-3H3,(H,16,20)(H,18,19). The van der Waals surface area contributed by atoms with E-state index >= 15 is 0 Å². The summed E-state index contributed by atoms with van der Waals surface area (Å²) in [5, 5.41) is 12.0. The second-order valence-electron chi connectivity index (χ2n) is 5.65. The molecule has 2 rings (SSSR count). The Morgan fingerprint density at radius 3 is 2.67 bits per heavy atom. The first kappa shape index (κ1) is 15.2. The molecule has 2 amide bonds. The molecular formula is C15H20N2O4. The zero-order valence-electron chi connectivity index (χ0n) is 12.5. The lowest BCUT2D eigenvalue weighted by Gasteiger charge is -2.20. The van der Waals surface area contributed by atoms with E-state index in [1.165, 1.54) is 4.90 Å². The highest BCUT2D eigenvalue weighted by atomic mass is 16.5. The maximum Gasteiger partial charge on any atom is 0.321 e. The predicted octanol–water partition coefficient (Wildman–Crippen LogP) is 2.33. The number of carboxylic acid groups (broad SMARTS) is 1. The van der Waals surface area contributed by atoms with E-state index in [-0.39, 0.29) is 12.6 Å². The van der Waals surface area contributed by atoms with Crippen LogP contribution < -0.4 is 10.1 Å². The van der Waals surface area contributed by atoms with Gasteiger partial charge in [0.1, 0.15) is 5.75 Å². The van der Waals surface area contributed by atoms with Gasteiger partial charge >= 0.3 is 12.0 Å². The van der Waals surface area contributed by atoms with Crippen LogP contribution in [0.1, 0.15) is 18.9 Å². The second-order valence-corrected chi connectivity index (χ2v) is 5.65. The number of amides is 2. The van der Waals surface area contributed by atoms with Gasteiger partial charge in [0.25, 0.3) is 0 Å². The van der Waals surface area contributed by atoms with Crippen molar-refractivity contribution in [1.82, 2.24) is 4.90 Å². The van der Waals surface area contributed by atoms with E-state index in [0.29, 0.717) is 18.7 Å². The van der Waals surface area contributed by atoms with Crippen LogP contribution in [0.5, 0.6) is 5.75 Å². The summed E-state index contributed by atoms with van der Waals surface area (Å²) in [6.45, 7) is 4.24. The SMILES string of the molecule is COc1ccc(NC(=O)N2CCC(C)(C(=O)O)C2)cc1C. The van der Waals surface area contributed by atoms with E-state index in [2.05, 4.69) is 5.32 Å². The summed E-state index contributed by atoms with van der Waals surface area (Å²) >= 11 is 0. The Hall–Kier alpha value is -2.24. The van der Waals surface area contributed by atoms with Crippen molar-refractivity contribution >= 4 is 17.7 Å². The molecule has 0 saturated carbocycles. The van der Waals surface area contributed by atoms with E-state index in [1.807, 2.05) is 13.0 Å². The minimum atomic E-state index is -0.863. The summed E-state index contributed by atoms with van der Waals surface area (Å²) < 4.78 is 5.17. The molecule has 1 heterocycles. The quantitative estimate of drug-likeness (QED) is 0.896. The fraction of sp³-hybridized carbons (Fsp3) is 0.467. The molecule has 114 valence electrons. The molecule has 6 nitrogen and oxygen atoms in total. The van der Waals surface area contributed by atoms with Crippen molar-refractivity contribution in [3.8, 4) is 5.75 Å². The summed E-state index contributed by atoms with van der Waals surface area (Å²) in [4.78, 5) is 24.9. The number of anilines is 1. The number of likely N-dealkylation sites (tertiary alicyclic amines) is 1. The first-order valence-corrected chi connectivity index (χ1v) is 6.80. The number of carbonyl (C=O) groups is 2. The van der Waals surface area contributed by atoms with E-state index in [0.717, 1.165) is 11.3 Å². The van der Waals surface area contributed by atoms with Gasteiger partial charge in [-0.15, -0.1) is 0 Å². The summed E-state index contributed by atoms with van der Waals surface area (Å²) in [6.07, 6.45) is 0.470. The molecule has 1 aromatic carbocycles. The average Bonchev–Trinajstić information content (AvgIpc) is 2.83. The molecule has 1 unspecified atom stereocenters. The number of nitrogens with one attached hydrogen (secondary N) is 1. The Morgan fingerprint density at radius 1 is 1.43 bits per heavy atom. The zero-order valence-corrected chi connectivity index (χ0v) is 12.5. The van der Waals surface area contributed by atoms with Gasteiger partial charge in [-0.05, 0) is 44.0 Å². The molecule has 1 aromatic rings. The molecule has 0 aromatic heterocycles. The number of methoxy groups -OCH3 is 1. The highest BCUT2D eigenvalue weighted by Crippen LogP contribution is 2.30. The number of hydrogen-bond acceptors (Lipinski definition) is 3. The van der Waals surface area contributed by atoms with Gasteiger partial charge in [0.15, 0.2) is 0 Å². The van der Waals surface area contributed by atoms with Crippen LogP contribution in [0.15, 0.2) is 18.2 Å². The van der Waals surface area contributed by atoms with Crippen molar-refractivity contribution in [3.63, 3.8) is 0 Å². The molecule has 1 saturated heterocycles. The highest BCUT2D eigenvalue weighted by molar-refractivity contribution is 5.90. The normalized spacial score (nSPS) is 21.2. The number of benzene rings is 1. The smallest absolute Gasteiger partial charge is 0.321 e. The molecule has 0 bridgehead atoms. The predicted molar refractivity (Wildman–Crippen MR) is 78.7 cm³/mol. The van der Waals surface area contributed by atoms with Crippen molar-refractivity contribution in [2.45, 2.75) is 20.3 Å². The van der Waals surface area contributed by atoms with Crippen LogP contribution in [0.4, 0.5) is 10.5 Å². The van der Waals surface area contributed by atoms with Gasteiger partial charge < -0.3 is 20.1 Å². The van der Waals surface area contributed by atoms with Gasteiger partial charge in [0.05, 0.1) is 12.5 Å². The minimum Gasteiger partial charge on any atom is -0.496 e. The Kier molecular flexibility index (Phi) is 4.06. The number of aliphatic carboxylic acids is 1. The number of carboxylic acids is 1. The van der Waals surface area contributed by atoms with Gasteiger partial charge in [-0.25, -0.2) is 4.79 Å². The summed E-state index contributed by atoms with van der Waals surface area (Å²) in [6, 6.07) is 5.10. The van der Waals surface area contributed by atoms with Gasteiger partial charge in [0.2, 0.25) is 0 Å². The summed E-state index contributed by atoms with van der Waals surface area (Å²) in [7, 11) is 1.59. The van der Waals surface area contributed by atoms with Gasteiger partial charge in [0, 0.05) is 18.8 Å². The van der Waals surface area contributed by atoms with Crippen LogP contribution in [0.2, 0.25) is 0 Å². The number of hydrogen-bond donors (Lipinski definition) is 2. The number of nitrogens with zero attached hydrogens (tertiary/aromatic N) is 1. The van der Waals surface area contributed by atoms with Crippen molar-refractivity contribution < 1.29 is 19.4 Å². The number of ether oxygens (including phenoxy) is 1. The lowest BCUT2D eigenvalue weighted by atomic mass is 9.90. The zero-order chi connectivity index (χ0) is 15.6. The number of aryl methyl sites for hydroxylation is 1. The lowest BCUT2D eigenvalue weighted by molar-refractivity contribution is -0.146. The maximum absolute atomic E-state index is 12.2. The minimum absolute atomic E-state index is 0.225. The van der Waals surface area contributed by atoms with Gasteiger partial charge in [-0.2, -0.15) is 0 Å². The van der Waals surface area contributed by atoms with Crippen LogP contribution in [-0.2, 0) is 4.79 Å². The maximum atomic E-state index is 12.2. The van der Waals surface area contributed by atoms with E-state index < -0.39 is 11.4 Å². The molecule has 1 aliphatic rings. The van der Waals surface area contributed by atoms with Crippen molar-refractivity contribution in [1.29, 1.82) is 0 Å². The van der Waals surface area contributed by atoms with E-state index in [1.54, 1.807) is 26.2 Å². The van der Waals surface area contributed by atoms with Crippen molar-refractivity contribution in [3.05, 3.63) is 23.8 Å². The lowest BCUT2D eigenvalue weighted by Crippen LogP contribution is -2.37. The van der Waals surface area contributed by atoms with Crippen LogP contribution >= 0.6 is 0 Å². The number of rotatable bonds is 3. The molecular weight excluding hydrogens is 272 g/mol. The second kappa shape index (κ2) is 5.63. The third-order valence-corrected chi connectivity index (χ3v) is 3.92. The molecule has 1 aliphatic heterocycles. The fourth-order valence-electron chi connectivity index (χ4n) is 2.47. The topological polar surface area (TPSA) is 78.9 Å². The Labute approximate surface area is 123 Å². The first-order chi connectivity index (χ1) is 9.85. The van der Waals surface area contributed by atoms with Crippen molar-refractivity contribution in [2.75, 3.05) is 25.5 Å². The molecule has 0 spiro atoms. The highest BCUT2D eigenvalue weighted by Gasteiger charge is 2.42. The molecule has 21 heavy (non-hydrogen) atoms. The number of urea groups is 1. The summed E-state index contributed by atoms with van der Waals surface area (Å²) in [5.41, 5.74) is 0.738. The van der Waals surface area contributed by atoms with Crippen LogP contribution in [0, 0.1) is 12.3 Å². The van der Waals surface area contributed by atoms with Gasteiger partial charge in [-0.3, -0.25) is 4.79 Å². The molecule has 6 heteroatoms. The monoisotopic (exact) mass is 292 g/mol. The van der Waals surface area contributed by atoms with Crippen LogP contribution in [-0.4, -0.2) is 42.2 Å². The van der Waals surface area contributed by atoms with Crippen LogP contribution in [0.25, 0.3) is 0 Å². The van der Waals surface area contributed by atoms with Crippen LogP contribution in [0.3, 0.4) is 0 Å². The molecule has 2 N–H and O–H groups in total. The fourth-order valence-corrected chi connectivity index (χ4v) is 2.47. The van der Waals surface area contributed by atoms with Crippen molar-refractivity contribution in [2.24, 2.45) is 5.41 Å².